The van der Waals surface area contributed by atoms with E-state index >= 15 is 0 Å². The number of thiazole rings is 1. The summed E-state index contributed by atoms with van der Waals surface area (Å²) in [5.74, 6) is 5.18. The fourth-order valence-electron chi connectivity index (χ4n) is 2.13. The van der Waals surface area contributed by atoms with Crippen LogP contribution < -0.4 is 5.32 Å². The molecule has 2 aromatic carbocycles. The highest BCUT2D eigenvalue weighted by Gasteiger charge is 2.18. The third-order valence-electron chi connectivity index (χ3n) is 3.20. The molecule has 1 heterocycles. The summed E-state index contributed by atoms with van der Waals surface area (Å²) in [6, 6.07) is 18.9. The van der Waals surface area contributed by atoms with Crippen LogP contribution in [0.2, 0.25) is 0 Å². The van der Waals surface area contributed by atoms with Gasteiger partial charge in [-0.2, -0.15) is 0 Å². The van der Waals surface area contributed by atoms with Gasteiger partial charge in [0.25, 0.3) is 5.91 Å². The van der Waals surface area contributed by atoms with Crippen LogP contribution in [0.25, 0.3) is 0 Å². The number of hydrogen-bond acceptors (Lipinski definition) is 3. The van der Waals surface area contributed by atoms with Crippen LogP contribution in [0.4, 0.5) is 0 Å². The van der Waals surface area contributed by atoms with Crippen molar-refractivity contribution in [2.75, 3.05) is 0 Å². The van der Waals surface area contributed by atoms with Gasteiger partial charge in [-0.15, -0.1) is 11.3 Å². The van der Waals surface area contributed by atoms with Crippen LogP contribution >= 0.6 is 11.3 Å². The Hall–Kier alpha value is -2.90. The Labute approximate surface area is 139 Å². The van der Waals surface area contributed by atoms with Crippen molar-refractivity contribution in [1.29, 1.82) is 0 Å². The molecule has 112 valence electrons. The topological polar surface area (TPSA) is 42.0 Å². The zero-order valence-corrected chi connectivity index (χ0v) is 13.1. The number of carbonyl (C=O) groups excluding carboxylic acids is 1. The average molecular weight is 318 g/mol. The van der Waals surface area contributed by atoms with Gasteiger partial charge in [-0.1, -0.05) is 54.5 Å². The second-order valence-electron chi connectivity index (χ2n) is 4.80. The molecule has 0 fully saturated rings. The van der Waals surface area contributed by atoms with Gasteiger partial charge in [0.1, 0.15) is 11.0 Å². The van der Waals surface area contributed by atoms with E-state index in [4.69, 9.17) is 0 Å². The van der Waals surface area contributed by atoms with Gasteiger partial charge < -0.3 is 5.32 Å². The van der Waals surface area contributed by atoms with E-state index < -0.39 is 0 Å². The van der Waals surface area contributed by atoms with Crippen molar-refractivity contribution in [1.82, 2.24) is 10.3 Å². The Morgan fingerprint density at radius 3 is 2.39 bits per heavy atom. The third-order valence-corrected chi connectivity index (χ3v) is 4.04. The molecule has 0 saturated carbocycles. The maximum Gasteiger partial charge on any atom is 0.297 e. The molecule has 1 unspecified atom stereocenters. The van der Waals surface area contributed by atoms with Crippen LogP contribution in [0.3, 0.4) is 0 Å². The van der Waals surface area contributed by atoms with Crippen LogP contribution in [-0.2, 0) is 4.79 Å². The molecule has 0 bridgehead atoms. The number of benzene rings is 2. The fourth-order valence-corrected chi connectivity index (χ4v) is 2.84. The first-order chi connectivity index (χ1) is 11.3. The Morgan fingerprint density at radius 2 is 1.74 bits per heavy atom. The summed E-state index contributed by atoms with van der Waals surface area (Å²) < 4.78 is 0. The molecule has 0 radical (unpaired) electrons. The Kier molecular flexibility index (Phi) is 4.82. The molecule has 1 aromatic heterocycles. The summed E-state index contributed by atoms with van der Waals surface area (Å²) in [4.78, 5) is 16.5. The standard InChI is InChI=1S/C19H14N2OS/c22-17(12-11-15-7-3-1-4-8-15)21-18(19-20-13-14-23-19)16-9-5-2-6-10-16/h1-10,13-14,18H,(H,21,22). The predicted octanol–water partition coefficient (Wildman–Crippen LogP) is 3.40. The SMILES string of the molecule is O=C(C#Cc1ccccc1)NC(c1ccccc1)c1nccs1. The number of nitrogens with one attached hydrogen (secondary N) is 1. The number of carbonyl (C=O) groups is 1. The number of nitrogens with zero attached hydrogens (tertiary/aromatic N) is 1. The minimum absolute atomic E-state index is 0.284. The maximum absolute atomic E-state index is 12.2. The zero-order chi connectivity index (χ0) is 15.9. The van der Waals surface area contributed by atoms with Crippen LogP contribution in [0.15, 0.2) is 72.2 Å². The molecule has 1 amide bonds. The van der Waals surface area contributed by atoms with E-state index in [0.29, 0.717) is 0 Å². The lowest BCUT2D eigenvalue weighted by Gasteiger charge is -2.15. The van der Waals surface area contributed by atoms with Gasteiger partial charge in [-0.05, 0) is 17.7 Å². The van der Waals surface area contributed by atoms with E-state index in [9.17, 15) is 4.79 Å². The summed E-state index contributed by atoms with van der Waals surface area (Å²) in [6.45, 7) is 0. The first-order valence-corrected chi connectivity index (χ1v) is 8.03. The second-order valence-corrected chi connectivity index (χ2v) is 5.73. The summed E-state index contributed by atoms with van der Waals surface area (Å²) in [7, 11) is 0. The summed E-state index contributed by atoms with van der Waals surface area (Å²) in [5.41, 5.74) is 1.80. The predicted molar refractivity (Wildman–Crippen MR) is 91.9 cm³/mol. The van der Waals surface area contributed by atoms with Crippen LogP contribution in [0.5, 0.6) is 0 Å². The van der Waals surface area contributed by atoms with Crippen LogP contribution in [-0.4, -0.2) is 10.9 Å². The van der Waals surface area contributed by atoms with Gasteiger partial charge >= 0.3 is 0 Å². The summed E-state index contributed by atoms with van der Waals surface area (Å²) in [6.07, 6.45) is 1.73. The first-order valence-electron chi connectivity index (χ1n) is 7.15. The lowest BCUT2D eigenvalue weighted by molar-refractivity contribution is -0.116. The second kappa shape index (κ2) is 7.39. The third kappa shape index (κ3) is 4.06. The molecular weight excluding hydrogens is 304 g/mol. The molecule has 1 atom stereocenters. The zero-order valence-electron chi connectivity index (χ0n) is 12.3. The lowest BCUT2D eigenvalue weighted by atomic mass is 10.1. The smallest absolute Gasteiger partial charge is 0.297 e. The Balaban J connectivity index is 1.80. The highest BCUT2D eigenvalue weighted by Crippen LogP contribution is 2.23. The van der Waals surface area contributed by atoms with E-state index in [0.717, 1.165) is 16.1 Å². The minimum atomic E-state index is -0.321. The van der Waals surface area contributed by atoms with E-state index in [1.165, 1.54) is 11.3 Å². The average Bonchev–Trinajstić information content (AvgIpc) is 3.14. The van der Waals surface area contributed by atoms with Gasteiger partial charge in [0.2, 0.25) is 0 Å². The van der Waals surface area contributed by atoms with Crippen LogP contribution in [0.1, 0.15) is 22.2 Å². The highest BCUT2D eigenvalue weighted by atomic mass is 32.1. The van der Waals surface area contributed by atoms with Crippen molar-refractivity contribution in [2.24, 2.45) is 0 Å². The maximum atomic E-state index is 12.2. The summed E-state index contributed by atoms with van der Waals surface area (Å²) in [5, 5.41) is 5.68. The lowest BCUT2D eigenvalue weighted by Crippen LogP contribution is -2.28. The molecule has 3 aromatic rings. The fraction of sp³-hybridized carbons (Fsp3) is 0.0526. The largest absolute Gasteiger partial charge is 0.332 e. The van der Waals surface area contributed by atoms with Crippen LogP contribution in [0, 0.1) is 11.8 Å². The monoisotopic (exact) mass is 318 g/mol. The number of rotatable bonds is 3. The number of aromatic nitrogens is 1. The van der Waals surface area contributed by atoms with E-state index in [1.54, 1.807) is 6.20 Å². The molecule has 1 N–H and O–H groups in total. The molecule has 4 heteroatoms. The first kappa shape index (κ1) is 15.0. The summed E-state index contributed by atoms with van der Waals surface area (Å²) >= 11 is 1.51. The molecule has 0 aliphatic heterocycles. The normalized spacial score (nSPS) is 11.1. The van der Waals surface area contributed by atoms with Gasteiger partial charge in [-0.25, -0.2) is 4.98 Å². The van der Waals surface area contributed by atoms with E-state index in [2.05, 4.69) is 22.1 Å². The molecule has 23 heavy (non-hydrogen) atoms. The molecule has 0 saturated heterocycles. The van der Waals surface area contributed by atoms with Crippen molar-refractivity contribution in [2.45, 2.75) is 6.04 Å². The van der Waals surface area contributed by atoms with Gasteiger partial charge in [0.05, 0.1) is 0 Å². The number of hydrogen-bond donors (Lipinski definition) is 1. The molecule has 3 rings (SSSR count). The van der Waals surface area contributed by atoms with E-state index in [-0.39, 0.29) is 11.9 Å². The van der Waals surface area contributed by atoms with Gasteiger partial charge in [0.15, 0.2) is 0 Å². The number of amides is 1. The van der Waals surface area contributed by atoms with Crippen molar-refractivity contribution in [3.05, 3.63) is 88.4 Å². The molecule has 0 spiro atoms. The molecule has 0 aliphatic rings. The quantitative estimate of drug-likeness (QED) is 0.752. The van der Waals surface area contributed by atoms with Crippen molar-refractivity contribution < 1.29 is 4.79 Å². The van der Waals surface area contributed by atoms with Gasteiger partial charge in [0, 0.05) is 23.1 Å². The Morgan fingerprint density at radius 1 is 1.04 bits per heavy atom. The van der Waals surface area contributed by atoms with Crippen molar-refractivity contribution >= 4 is 17.2 Å². The van der Waals surface area contributed by atoms with Crippen molar-refractivity contribution in [3.63, 3.8) is 0 Å². The molecular formula is C19H14N2OS. The minimum Gasteiger partial charge on any atom is -0.332 e. The van der Waals surface area contributed by atoms with Gasteiger partial charge in [-0.3, -0.25) is 4.79 Å². The molecule has 3 nitrogen and oxygen atoms in total. The molecule has 0 aliphatic carbocycles. The Bertz CT molecular complexity index is 818. The highest BCUT2D eigenvalue weighted by molar-refractivity contribution is 7.09. The van der Waals surface area contributed by atoms with Crippen molar-refractivity contribution in [3.8, 4) is 11.8 Å². The van der Waals surface area contributed by atoms with E-state index in [1.807, 2.05) is 66.0 Å².